The summed E-state index contributed by atoms with van der Waals surface area (Å²) in [5, 5.41) is 11.6. The summed E-state index contributed by atoms with van der Waals surface area (Å²) in [5.74, 6) is 0.397. The van der Waals surface area contributed by atoms with Crippen LogP contribution >= 0.6 is 11.8 Å². The Bertz CT molecular complexity index is 1890. The van der Waals surface area contributed by atoms with Crippen LogP contribution in [0.15, 0.2) is 104 Å². The largest absolute Gasteiger partial charge is 0.446 e. The average molecular weight is 692 g/mol. The normalized spacial score (nSPS) is 12.9. The van der Waals surface area contributed by atoms with Gasteiger partial charge in [0.15, 0.2) is 31.3 Å². The van der Waals surface area contributed by atoms with E-state index < -0.39 is 25.2 Å². The molecule has 0 amide bonds. The Morgan fingerprint density at radius 1 is 0.717 bits per heavy atom. The number of hydrazone groups is 2. The number of nitrogens with one attached hydrogen (secondary N) is 3. The van der Waals surface area contributed by atoms with Crippen LogP contribution in [0.25, 0.3) is 0 Å². The minimum Gasteiger partial charge on any atom is -0.324 e. The number of sulfone groups is 2. The molecule has 0 aliphatic heterocycles. The van der Waals surface area contributed by atoms with Crippen molar-refractivity contribution in [2.45, 2.75) is 34.0 Å². The van der Waals surface area contributed by atoms with E-state index in [0.717, 1.165) is 12.5 Å². The molecule has 3 aromatic carbocycles. The highest BCUT2D eigenvalue weighted by Gasteiger charge is 2.29. The summed E-state index contributed by atoms with van der Waals surface area (Å²) in [7, 11) is -6.73. The molecule has 4 rings (SSSR count). The smallest absolute Gasteiger partial charge is 0.324 e. The fourth-order valence-corrected chi connectivity index (χ4v) is 5.68. The molecule has 0 saturated carbocycles. The summed E-state index contributed by atoms with van der Waals surface area (Å²) in [6.45, 7) is 3.41. The third-order valence-corrected chi connectivity index (χ3v) is 9.10. The number of benzene rings is 3. The maximum Gasteiger partial charge on any atom is 0.446 e. The second-order valence-electron chi connectivity index (χ2n) is 9.87. The Labute approximate surface area is 268 Å². The molecule has 46 heavy (non-hydrogen) atoms. The van der Waals surface area contributed by atoms with Gasteiger partial charge in [0.1, 0.15) is 0 Å². The summed E-state index contributed by atoms with van der Waals surface area (Å²) in [6, 6.07) is 19.5. The van der Waals surface area contributed by atoms with Crippen molar-refractivity contribution >= 4 is 66.1 Å². The molecule has 0 aliphatic rings. The number of hydrogen-bond donors (Lipinski definition) is 3. The number of hydrogen-bond acceptors (Lipinski definition) is 12. The van der Waals surface area contributed by atoms with Crippen LogP contribution in [0, 0.1) is 0 Å². The molecular weight excluding hydrogens is 664 g/mol. The second kappa shape index (κ2) is 13.9. The zero-order chi connectivity index (χ0) is 33.7. The van der Waals surface area contributed by atoms with E-state index in [1.54, 1.807) is 44.2 Å². The number of thioether (sulfide) groups is 1. The van der Waals surface area contributed by atoms with E-state index in [-0.39, 0.29) is 44.0 Å². The summed E-state index contributed by atoms with van der Waals surface area (Å²) in [6.07, 6.45) is 2.23. The molecule has 1 aromatic heterocycles. The first-order chi connectivity index (χ1) is 21.5. The topological polar surface area (TPSA) is 155 Å². The number of alkyl halides is 3. The van der Waals surface area contributed by atoms with Crippen LogP contribution in [0.4, 0.5) is 36.4 Å². The van der Waals surface area contributed by atoms with Crippen LogP contribution in [0.1, 0.15) is 25.0 Å². The van der Waals surface area contributed by atoms with Crippen molar-refractivity contribution in [2.75, 3.05) is 28.7 Å². The molecule has 0 aliphatic carbocycles. The SMILES string of the molecule is CC(=NNc1cc(NN=C(C)c2ccc(S(C)(=O)=O)cc2)nc(Nc2cccc(SC(F)(F)F)c2)n1)c1ccc(S(C)(=O)=O)cc1. The van der Waals surface area contributed by atoms with E-state index >= 15 is 0 Å². The van der Waals surface area contributed by atoms with Gasteiger partial charge in [-0.25, -0.2) is 16.8 Å². The first kappa shape index (κ1) is 34.4. The Hall–Kier alpha value is -4.48. The molecule has 3 N–H and O–H groups in total. The molecule has 17 heteroatoms. The molecule has 0 radical (unpaired) electrons. The van der Waals surface area contributed by atoms with Crippen molar-refractivity contribution in [3.63, 3.8) is 0 Å². The van der Waals surface area contributed by atoms with E-state index in [4.69, 9.17) is 0 Å². The van der Waals surface area contributed by atoms with Gasteiger partial charge in [-0.05, 0) is 79.2 Å². The predicted molar refractivity (Wildman–Crippen MR) is 174 cm³/mol. The molecule has 4 aromatic rings. The van der Waals surface area contributed by atoms with Gasteiger partial charge in [-0.3, -0.25) is 10.9 Å². The van der Waals surface area contributed by atoms with Crippen molar-refractivity contribution in [1.82, 2.24) is 9.97 Å². The summed E-state index contributed by atoms with van der Waals surface area (Å²) in [5.41, 5.74) is 3.77. The molecular formula is C29H28F3N7O4S3. The van der Waals surface area contributed by atoms with E-state index in [0.29, 0.717) is 28.2 Å². The van der Waals surface area contributed by atoms with Gasteiger partial charge in [0.05, 0.1) is 21.2 Å². The zero-order valence-corrected chi connectivity index (χ0v) is 27.2. The molecule has 0 spiro atoms. The van der Waals surface area contributed by atoms with Gasteiger partial charge < -0.3 is 5.32 Å². The van der Waals surface area contributed by atoms with Crippen LogP contribution < -0.4 is 16.2 Å². The monoisotopic (exact) mass is 691 g/mol. The fourth-order valence-electron chi connectivity index (χ4n) is 3.82. The van der Waals surface area contributed by atoms with Gasteiger partial charge in [0.25, 0.3) is 0 Å². The predicted octanol–water partition coefficient (Wildman–Crippen LogP) is 6.31. The molecule has 1 heterocycles. The van der Waals surface area contributed by atoms with E-state index in [1.165, 1.54) is 48.5 Å². The van der Waals surface area contributed by atoms with Crippen LogP contribution in [-0.4, -0.2) is 56.2 Å². The minimum atomic E-state index is -4.46. The maximum absolute atomic E-state index is 12.9. The van der Waals surface area contributed by atoms with Gasteiger partial charge in [0, 0.05) is 29.2 Å². The van der Waals surface area contributed by atoms with Crippen LogP contribution in [0.5, 0.6) is 0 Å². The molecule has 0 bridgehead atoms. The molecule has 0 saturated heterocycles. The number of nitrogens with zero attached hydrogens (tertiary/aromatic N) is 4. The van der Waals surface area contributed by atoms with E-state index in [1.807, 2.05) is 0 Å². The highest BCUT2D eigenvalue weighted by Crippen LogP contribution is 2.37. The lowest BCUT2D eigenvalue weighted by molar-refractivity contribution is -0.0328. The fraction of sp³-hybridized carbons (Fsp3) is 0.172. The summed E-state index contributed by atoms with van der Waals surface area (Å²) >= 11 is -0.253. The highest BCUT2D eigenvalue weighted by atomic mass is 32.2. The number of rotatable bonds is 11. The first-order valence-electron chi connectivity index (χ1n) is 13.2. The maximum atomic E-state index is 12.9. The average Bonchev–Trinajstić information content (AvgIpc) is 2.97. The van der Waals surface area contributed by atoms with Gasteiger partial charge in [-0.1, -0.05) is 30.3 Å². The molecule has 11 nitrogen and oxygen atoms in total. The second-order valence-corrected chi connectivity index (χ2v) is 15.0. The van der Waals surface area contributed by atoms with Crippen molar-refractivity contribution < 1.29 is 30.0 Å². The Kier molecular flexibility index (Phi) is 10.4. The third kappa shape index (κ3) is 10.0. The van der Waals surface area contributed by atoms with Crippen molar-refractivity contribution in [3.05, 3.63) is 90.0 Å². The minimum absolute atomic E-state index is 0.0115. The Morgan fingerprint density at radius 3 is 1.59 bits per heavy atom. The molecule has 242 valence electrons. The number of halogens is 3. The lowest BCUT2D eigenvalue weighted by atomic mass is 10.1. The lowest BCUT2D eigenvalue weighted by Gasteiger charge is -2.12. The third-order valence-electron chi connectivity index (χ3n) is 6.13. The van der Waals surface area contributed by atoms with E-state index in [9.17, 15) is 30.0 Å². The van der Waals surface area contributed by atoms with Gasteiger partial charge in [0.2, 0.25) is 5.95 Å². The zero-order valence-electron chi connectivity index (χ0n) is 24.8. The van der Waals surface area contributed by atoms with Crippen molar-refractivity contribution in [1.29, 1.82) is 0 Å². The van der Waals surface area contributed by atoms with Crippen LogP contribution in [0.3, 0.4) is 0 Å². The lowest BCUT2D eigenvalue weighted by Crippen LogP contribution is -2.07. The van der Waals surface area contributed by atoms with Gasteiger partial charge in [-0.15, -0.1) is 0 Å². The summed E-state index contributed by atoms with van der Waals surface area (Å²) < 4.78 is 85.8. The molecule has 0 fully saturated rings. The number of aromatic nitrogens is 2. The molecule has 0 unspecified atom stereocenters. The van der Waals surface area contributed by atoms with Gasteiger partial charge in [-0.2, -0.15) is 33.3 Å². The molecule has 0 atom stereocenters. The van der Waals surface area contributed by atoms with Gasteiger partial charge >= 0.3 is 5.51 Å². The van der Waals surface area contributed by atoms with Crippen molar-refractivity contribution in [3.8, 4) is 0 Å². The van der Waals surface area contributed by atoms with Crippen molar-refractivity contribution in [2.24, 2.45) is 10.2 Å². The number of anilines is 4. The summed E-state index contributed by atoms with van der Waals surface area (Å²) in [4.78, 5) is 9.04. The highest BCUT2D eigenvalue weighted by molar-refractivity contribution is 8.00. The quantitative estimate of drug-likeness (QED) is 0.0926. The Balaban J connectivity index is 1.62. The standard InChI is InChI=1S/C29H28F3N7O4S3/c1-18(20-8-12-24(13-9-20)45(3,40)41)36-38-26-17-27(39-37-19(2)21-10-14-25(15-11-21)46(4,42)43)35-28(34-26)33-22-6-5-7-23(16-22)44-29(30,31)32/h5-17H,1-4H3,(H3,33,34,35,38,39). The van der Waals surface area contributed by atoms with E-state index in [2.05, 4.69) is 36.3 Å². The van der Waals surface area contributed by atoms with Crippen LogP contribution in [-0.2, 0) is 19.7 Å². The first-order valence-corrected chi connectivity index (χ1v) is 17.8. The van der Waals surface area contributed by atoms with Crippen LogP contribution in [0.2, 0.25) is 0 Å². The Morgan fingerprint density at radius 2 is 1.17 bits per heavy atom.